The van der Waals surface area contributed by atoms with Crippen molar-refractivity contribution in [3.63, 3.8) is 0 Å². The predicted octanol–water partition coefficient (Wildman–Crippen LogP) is 12.0. The van der Waals surface area contributed by atoms with Crippen LogP contribution in [-0.2, 0) is 6.42 Å². The summed E-state index contributed by atoms with van der Waals surface area (Å²) in [6, 6.07) is 33.0. The zero-order valence-corrected chi connectivity index (χ0v) is 27.7. The van der Waals surface area contributed by atoms with E-state index < -0.39 is 0 Å². The molecule has 5 aromatic rings. The number of allylic oxidation sites excluding steroid dienone is 12. The zero-order chi connectivity index (χ0) is 33.0. The van der Waals surface area contributed by atoms with Gasteiger partial charge < -0.3 is 10.3 Å². The van der Waals surface area contributed by atoms with Crippen molar-refractivity contribution in [2.24, 2.45) is 5.73 Å². The molecule has 1 aromatic heterocycles. The number of hydrogen-bond acceptors (Lipinski definition) is 1. The lowest BCUT2D eigenvalue weighted by Gasteiger charge is -2.09. The Morgan fingerprint density at radius 2 is 1.49 bits per heavy atom. The van der Waals surface area contributed by atoms with Crippen LogP contribution in [0.1, 0.15) is 49.4 Å². The van der Waals surface area contributed by atoms with Crippen LogP contribution in [0.25, 0.3) is 45.2 Å². The summed E-state index contributed by atoms with van der Waals surface area (Å²) in [7, 11) is 0. The molecule has 0 aliphatic rings. The zero-order valence-electron chi connectivity index (χ0n) is 27.7. The number of para-hydroxylation sites is 1. The molecule has 4 aromatic carbocycles. The van der Waals surface area contributed by atoms with Crippen molar-refractivity contribution in [3.05, 3.63) is 192 Å². The minimum absolute atomic E-state index is 0.744. The fourth-order valence-corrected chi connectivity index (χ4v) is 5.84. The highest BCUT2D eigenvalue weighted by molar-refractivity contribution is 6.10. The highest BCUT2D eigenvalue weighted by Gasteiger charge is 2.13. The second kappa shape index (κ2) is 16.1. The van der Waals surface area contributed by atoms with Gasteiger partial charge in [-0.15, -0.1) is 0 Å². The van der Waals surface area contributed by atoms with Crippen LogP contribution in [0.4, 0.5) is 0 Å². The predicted molar refractivity (Wildman–Crippen MR) is 207 cm³/mol. The molecule has 0 saturated carbocycles. The van der Waals surface area contributed by atoms with Crippen molar-refractivity contribution in [1.29, 1.82) is 0 Å². The third kappa shape index (κ3) is 8.36. The summed E-state index contributed by atoms with van der Waals surface area (Å²) < 4.78 is 2.39. The summed E-state index contributed by atoms with van der Waals surface area (Å²) in [6.07, 6.45) is 26.4. The molecule has 0 aliphatic carbocycles. The molecule has 0 spiro atoms. The van der Waals surface area contributed by atoms with Crippen molar-refractivity contribution < 1.29 is 0 Å². The molecule has 5 rings (SSSR count). The van der Waals surface area contributed by atoms with Gasteiger partial charge in [-0.05, 0) is 91.4 Å². The summed E-state index contributed by atoms with van der Waals surface area (Å²) >= 11 is 0. The van der Waals surface area contributed by atoms with Gasteiger partial charge in [-0.3, -0.25) is 0 Å². The summed E-state index contributed by atoms with van der Waals surface area (Å²) in [6.45, 7) is 9.92. The molecule has 2 nitrogen and oxygen atoms in total. The third-order valence-corrected chi connectivity index (χ3v) is 8.06. The minimum atomic E-state index is 0.744. The Balaban J connectivity index is 1.52. The Morgan fingerprint density at radius 1 is 0.766 bits per heavy atom. The molecule has 234 valence electrons. The van der Waals surface area contributed by atoms with Crippen LogP contribution in [-0.4, -0.2) is 4.57 Å². The molecule has 0 atom stereocenters. The van der Waals surface area contributed by atoms with Crippen LogP contribution in [0.2, 0.25) is 0 Å². The summed E-state index contributed by atoms with van der Waals surface area (Å²) in [5, 5.41) is 2.49. The van der Waals surface area contributed by atoms with Gasteiger partial charge in [0.2, 0.25) is 0 Å². The monoisotopic (exact) mass is 612 g/mol. The lowest BCUT2D eigenvalue weighted by Crippen LogP contribution is -1.96. The summed E-state index contributed by atoms with van der Waals surface area (Å²) in [5.41, 5.74) is 17.8. The molecule has 47 heavy (non-hydrogen) atoms. The average molecular weight is 613 g/mol. The highest BCUT2D eigenvalue weighted by atomic mass is 15.0. The fraction of sp³-hybridized carbons (Fsp3) is 0.111. The number of nitrogens with two attached hydrogens (primary N) is 1. The summed E-state index contributed by atoms with van der Waals surface area (Å²) in [4.78, 5) is 0. The molecule has 0 aliphatic heterocycles. The van der Waals surface area contributed by atoms with E-state index in [9.17, 15) is 0 Å². The first-order valence-corrected chi connectivity index (χ1v) is 16.3. The topological polar surface area (TPSA) is 30.9 Å². The van der Waals surface area contributed by atoms with E-state index in [1.807, 2.05) is 31.2 Å². The Bertz CT molecular complexity index is 2050. The van der Waals surface area contributed by atoms with Crippen LogP contribution in [0.15, 0.2) is 170 Å². The molecule has 2 heteroatoms. The van der Waals surface area contributed by atoms with E-state index in [0.29, 0.717) is 0 Å². The molecule has 0 amide bonds. The number of benzene rings is 4. The molecule has 1 heterocycles. The van der Waals surface area contributed by atoms with Crippen molar-refractivity contribution in [1.82, 2.24) is 4.57 Å². The molecule has 0 radical (unpaired) electrons. The molecule has 0 unspecified atom stereocenters. The van der Waals surface area contributed by atoms with Gasteiger partial charge in [0, 0.05) is 28.6 Å². The molecular weight excluding hydrogens is 569 g/mol. The van der Waals surface area contributed by atoms with Crippen molar-refractivity contribution >= 4 is 39.5 Å². The number of nitrogens with zero attached hydrogens (tertiary/aromatic N) is 1. The van der Waals surface area contributed by atoms with E-state index in [4.69, 9.17) is 5.73 Å². The van der Waals surface area contributed by atoms with Crippen LogP contribution in [0, 0.1) is 0 Å². The van der Waals surface area contributed by atoms with Gasteiger partial charge in [-0.25, -0.2) is 0 Å². The van der Waals surface area contributed by atoms with Gasteiger partial charge in [0.25, 0.3) is 0 Å². The maximum Gasteiger partial charge on any atom is 0.0547 e. The Labute approximate surface area is 280 Å². The number of aromatic nitrogens is 1. The molecule has 0 bridgehead atoms. The molecular formula is C45H44N2. The smallest absolute Gasteiger partial charge is 0.0547 e. The second-order valence-electron chi connectivity index (χ2n) is 11.7. The minimum Gasteiger partial charge on any atom is -0.402 e. The standard InChI is InChI=1S/C45H44N2/c1-5-8-10-17-35-22-26-38(27-23-35)39(16-7-3)31-37-25-29-43-42-28-24-36(18-13-14-19-40(46)30-34(4)15-6-2)32-44(42)47(45(43)33-37)41-20-11-9-12-21-41/h5-17,19-29,31-33H,2,18,30,46H2,1,3-4H3/b8-5-,14-13-,16-7-,17-10-,34-15-,39-31+,40-19-. The van der Waals surface area contributed by atoms with Crippen LogP contribution in [0.5, 0.6) is 0 Å². The van der Waals surface area contributed by atoms with Crippen LogP contribution >= 0.6 is 0 Å². The number of hydrogen-bond donors (Lipinski definition) is 1. The van der Waals surface area contributed by atoms with Crippen molar-refractivity contribution in [3.8, 4) is 5.69 Å². The largest absolute Gasteiger partial charge is 0.402 e. The van der Waals surface area contributed by atoms with Crippen LogP contribution < -0.4 is 5.73 Å². The normalized spacial score (nSPS) is 13.4. The highest BCUT2D eigenvalue weighted by Crippen LogP contribution is 2.34. The third-order valence-electron chi connectivity index (χ3n) is 8.06. The van der Waals surface area contributed by atoms with Gasteiger partial charge in [-0.2, -0.15) is 0 Å². The van der Waals surface area contributed by atoms with Gasteiger partial charge in [0.05, 0.1) is 11.0 Å². The lowest BCUT2D eigenvalue weighted by atomic mass is 10.00. The Hall–Kier alpha value is -5.60. The van der Waals surface area contributed by atoms with E-state index in [1.165, 1.54) is 49.6 Å². The first-order valence-electron chi connectivity index (χ1n) is 16.3. The van der Waals surface area contributed by atoms with E-state index in [1.54, 1.807) is 6.08 Å². The SMILES string of the molecule is C=C/C=C(/C)C/C(N)=C/C=C\Cc1ccc2c3ccc(/C=C(\C=C/C)c4ccc(/C=C\C=C/C)cc4)cc3n(-c3ccccc3)c2c1. The molecule has 2 N–H and O–H groups in total. The number of fused-ring (bicyclic) bond motifs is 3. The quantitative estimate of drug-likeness (QED) is 0.110. The van der Waals surface area contributed by atoms with E-state index in [-0.39, 0.29) is 0 Å². The van der Waals surface area contributed by atoms with E-state index in [2.05, 4.69) is 159 Å². The fourth-order valence-electron chi connectivity index (χ4n) is 5.84. The van der Waals surface area contributed by atoms with Gasteiger partial charge in [0.15, 0.2) is 0 Å². The average Bonchev–Trinajstić information content (AvgIpc) is 3.40. The van der Waals surface area contributed by atoms with E-state index in [0.717, 1.165) is 29.8 Å². The van der Waals surface area contributed by atoms with Crippen molar-refractivity contribution in [2.75, 3.05) is 0 Å². The maximum atomic E-state index is 6.22. The number of rotatable bonds is 12. The van der Waals surface area contributed by atoms with E-state index >= 15 is 0 Å². The summed E-state index contributed by atoms with van der Waals surface area (Å²) in [5.74, 6) is 0. The first-order chi connectivity index (χ1) is 23.0. The molecule has 0 saturated heterocycles. The van der Waals surface area contributed by atoms with Crippen molar-refractivity contribution in [2.45, 2.75) is 33.6 Å². The maximum absolute atomic E-state index is 6.22. The van der Waals surface area contributed by atoms with Gasteiger partial charge in [-0.1, -0.05) is 140 Å². The Morgan fingerprint density at radius 3 is 2.21 bits per heavy atom. The molecule has 0 fully saturated rings. The lowest BCUT2D eigenvalue weighted by molar-refractivity contribution is 1.08. The van der Waals surface area contributed by atoms with Gasteiger partial charge in [0.1, 0.15) is 0 Å². The van der Waals surface area contributed by atoms with Crippen LogP contribution in [0.3, 0.4) is 0 Å². The second-order valence-corrected chi connectivity index (χ2v) is 11.7. The Kier molecular flexibility index (Phi) is 11.2. The first kappa shape index (κ1) is 32.8. The van der Waals surface area contributed by atoms with Gasteiger partial charge >= 0.3 is 0 Å².